The first kappa shape index (κ1) is 7.55. The molecule has 0 amide bonds. The second kappa shape index (κ2) is 3.02. The number of hydrogen-bond acceptors (Lipinski definition) is 4. The molecule has 0 unspecified atom stereocenters. The van der Waals surface area contributed by atoms with Gasteiger partial charge in [-0.15, -0.1) is 0 Å². The zero-order valence-corrected chi connectivity index (χ0v) is 5.89. The lowest BCUT2D eigenvalue weighted by Gasteiger charge is -2.00. The average Bonchev–Trinajstić information content (AvgIpc) is 1.85. The third kappa shape index (κ3) is 1.94. The molecule has 60 valence electrons. The molecule has 4 N–H and O–H groups in total. The minimum Gasteiger partial charge on any atom is -0.307 e. The fraction of sp³-hybridized carbons (Fsp3) is 0.200. The average molecular weight is 156 g/mol. The van der Waals surface area contributed by atoms with Gasteiger partial charge in [0.1, 0.15) is 5.82 Å². The van der Waals surface area contributed by atoms with Gasteiger partial charge in [-0.25, -0.2) is 10.2 Å². The quantitative estimate of drug-likeness (QED) is 0.397. The molecule has 0 aliphatic carbocycles. The maximum atomic E-state index is 10.6. The first-order valence-corrected chi connectivity index (χ1v) is 2.99. The predicted octanol–water partition coefficient (Wildman–Crippen LogP) is -1.39. The summed E-state index contributed by atoms with van der Waals surface area (Å²) in [5, 5.41) is 0. The standard InChI is InChI=1S/C5H8N4O2/c1-6-9-3-2-4(10)8-5(11)7-3/h2,6H,1H3,(H3,7,8,9,10,11). The summed E-state index contributed by atoms with van der Waals surface area (Å²) in [7, 11) is 1.62. The van der Waals surface area contributed by atoms with E-state index >= 15 is 0 Å². The number of hydrogen-bond donors (Lipinski definition) is 4. The molecular formula is C5H8N4O2. The Morgan fingerprint density at radius 3 is 2.64 bits per heavy atom. The van der Waals surface area contributed by atoms with Crippen LogP contribution in [-0.2, 0) is 0 Å². The Balaban J connectivity index is 3.09. The lowest BCUT2D eigenvalue weighted by atomic mass is 10.6. The van der Waals surface area contributed by atoms with Gasteiger partial charge < -0.3 is 5.43 Å². The molecule has 0 atom stereocenters. The molecule has 0 radical (unpaired) electrons. The Kier molecular flexibility index (Phi) is 2.07. The largest absolute Gasteiger partial charge is 0.327 e. The summed E-state index contributed by atoms with van der Waals surface area (Å²) in [5.41, 5.74) is 4.16. The van der Waals surface area contributed by atoms with Crippen LogP contribution in [0.4, 0.5) is 5.82 Å². The first-order chi connectivity index (χ1) is 5.22. The van der Waals surface area contributed by atoms with E-state index in [9.17, 15) is 9.59 Å². The van der Waals surface area contributed by atoms with E-state index in [4.69, 9.17) is 0 Å². The van der Waals surface area contributed by atoms with Crippen LogP contribution in [0.25, 0.3) is 0 Å². The van der Waals surface area contributed by atoms with Crippen molar-refractivity contribution in [2.75, 3.05) is 12.5 Å². The number of nitrogens with one attached hydrogen (secondary N) is 4. The molecule has 0 aromatic carbocycles. The summed E-state index contributed by atoms with van der Waals surface area (Å²) >= 11 is 0. The van der Waals surface area contributed by atoms with Crippen LogP contribution >= 0.6 is 0 Å². The third-order valence-corrected chi connectivity index (χ3v) is 1.02. The summed E-state index contributed by atoms with van der Waals surface area (Å²) in [4.78, 5) is 25.6. The van der Waals surface area contributed by atoms with E-state index in [1.165, 1.54) is 6.07 Å². The Morgan fingerprint density at radius 2 is 2.09 bits per heavy atom. The van der Waals surface area contributed by atoms with Crippen molar-refractivity contribution in [1.82, 2.24) is 15.4 Å². The van der Waals surface area contributed by atoms with E-state index in [1.807, 2.05) is 4.98 Å². The number of hydrazine groups is 1. The van der Waals surface area contributed by atoms with Crippen LogP contribution < -0.4 is 22.1 Å². The molecule has 1 aromatic rings. The van der Waals surface area contributed by atoms with Crippen LogP contribution in [0.1, 0.15) is 0 Å². The van der Waals surface area contributed by atoms with Crippen molar-refractivity contribution in [2.24, 2.45) is 0 Å². The molecular weight excluding hydrogens is 148 g/mol. The lowest BCUT2D eigenvalue weighted by Crippen LogP contribution is -2.26. The maximum Gasteiger partial charge on any atom is 0.327 e. The molecule has 0 bridgehead atoms. The summed E-state index contributed by atoms with van der Waals surface area (Å²) in [6, 6.07) is 1.23. The second-order valence-electron chi connectivity index (χ2n) is 1.88. The number of H-pyrrole nitrogens is 2. The maximum absolute atomic E-state index is 10.6. The molecule has 1 heterocycles. The van der Waals surface area contributed by atoms with Gasteiger partial charge in [0.15, 0.2) is 0 Å². The molecule has 6 nitrogen and oxygen atoms in total. The fourth-order valence-corrected chi connectivity index (χ4v) is 0.671. The number of rotatable bonds is 2. The third-order valence-electron chi connectivity index (χ3n) is 1.02. The molecule has 1 rings (SSSR count). The molecule has 0 saturated carbocycles. The van der Waals surface area contributed by atoms with Crippen molar-refractivity contribution in [3.05, 3.63) is 26.9 Å². The van der Waals surface area contributed by atoms with Gasteiger partial charge in [0.2, 0.25) is 0 Å². The highest BCUT2D eigenvalue weighted by Gasteiger charge is 1.91. The second-order valence-corrected chi connectivity index (χ2v) is 1.88. The monoisotopic (exact) mass is 156 g/mol. The summed E-state index contributed by atoms with van der Waals surface area (Å²) < 4.78 is 0. The van der Waals surface area contributed by atoms with Crippen molar-refractivity contribution >= 4 is 5.82 Å². The van der Waals surface area contributed by atoms with Crippen LogP contribution in [0.5, 0.6) is 0 Å². The van der Waals surface area contributed by atoms with E-state index in [2.05, 4.69) is 15.8 Å². The molecule has 0 spiro atoms. The van der Waals surface area contributed by atoms with Crippen molar-refractivity contribution in [3.8, 4) is 0 Å². The van der Waals surface area contributed by atoms with Crippen molar-refractivity contribution in [1.29, 1.82) is 0 Å². The molecule has 0 aliphatic rings. The van der Waals surface area contributed by atoms with Gasteiger partial charge in [-0.05, 0) is 0 Å². The zero-order valence-electron chi connectivity index (χ0n) is 5.89. The van der Waals surface area contributed by atoms with Crippen LogP contribution in [0.2, 0.25) is 0 Å². The Labute approximate surface area is 61.6 Å². The highest BCUT2D eigenvalue weighted by Crippen LogP contribution is 1.86. The van der Waals surface area contributed by atoms with Gasteiger partial charge >= 0.3 is 5.69 Å². The Hall–Kier alpha value is -1.56. The van der Waals surface area contributed by atoms with Gasteiger partial charge in [0, 0.05) is 13.1 Å². The van der Waals surface area contributed by atoms with Crippen molar-refractivity contribution in [3.63, 3.8) is 0 Å². The van der Waals surface area contributed by atoms with Gasteiger partial charge in [-0.2, -0.15) is 0 Å². The van der Waals surface area contributed by atoms with E-state index in [0.717, 1.165) is 0 Å². The van der Waals surface area contributed by atoms with Gasteiger partial charge in [-0.3, -0.25) is 14.8 Å². The topological polar surface area (TPSA) is 89.8 Å². The van der Waals surface area contributed by atoms with E-state index in [0.29, 0.717) is 5.82 Å². The normalized spacial score (nSPS) is 9.55. The lowest BCUT2D eigenvalue weighted by molar-refractivity contribution is 0.937. The van der Waals surface area contributed by atoms with Crippen LogP contribution in [0.3, 0.4) is 0 Å². The van der Waals surface area contributed by atoms with E-state index < -0.39 is 11.2 Å². The highest BCUT2D eigenvalue weighted by molar-refractivity contribution is 5.29. The summed E-state index contributed by atoms with van der Waals surface area (Å²) in [6.07, 6.45) is 0. The van der Waals surface area contributed by atoms with E-state index in [-0.39, 0.29) is 0 Å². The minimum absolute atomic E-state index is 0.334. The molecule has 0 aliphatic heterocycles. The minimum atomic E-state index is -0.532. The smallest absolute Gasteiger partial charge is 0.307 e. The fourth-order valence-electron chi connectivity index (χ4n) is 0.671. The summed E-state index contributed by atoms with van der Waals surface area (Å²) in [6.45, 7) is 0. The van der Waals surface area contributed by atoms with Crippen molar-refractivity contribution in [2.45, 2.75) is 0 Å². The Morgan fingerprint density at radius 1 is 1.36 bits per heavy atom. The molecule has 6 heteroatoms. The number of aromatic nitrogens is 2. The van der Waals surface area contributed by atoms with Gasteiger partial charge in [0.05, 0.1) is 0 Å². The molecule has 11 heavy (non-hydrogen) atoms. The Bertz CT molecular complexity index is 311. The molecule has 0 saturated heterocycles. The van der Waals surface area contributed by atoms with Crippen molar-refractivity contribution < 1.29 is 0 Å². The molecule has 0 fully saturated rings. The van der Waals surface area contributed by atoms with Gasteiger partial charge in [-0.1, -0.05) is 0 Å². The zero-order chi connectivity index (χ0) is 8.27. The number of anilines is 1. The number of aromatic amines is 2. The summed E-state index contributed by atoms with van der Waals surface area (Å²) in [5.74, 6) is 0.334. The van der Waals surface area contributed by atoms with E-state index in [1.54, 1.807) is 7.05 Å². The van der Waals surface area contributed by atoms with Crippen LogP contribution in [-0.4, -0.2) is 17.0 Å². The van der Waals surface area contributed by atoms with Gasteiger partial charge in [0.25, 0.3) is 5.56 Å². The molecule has 1 aromatic heterocycles. The predicted molar refractivity (Wildman–Crippen MR) is 40.4 cm³/mol. The first-order valence-electron chi connectivity index (χ1n) is 2.99. The van der Waals surface area contributed by atoms with Crippen LogP contribution in [0.15, 0.2) is 15.7 Å². The SMILES string of the molecule is CNNc1cc(=O)[nH]c(=O)[nH]1. The van der Waals surface area contributed by atoms with Crippen LogP contribution in [0, 0.1) is 0 Å². The highest BCUT2D eigenvalue weighted by atomic mass is 16.2.